The molecule has 1 unspecified atom stereocenters. The smallest absolute Gasteiger partial charge is 0.283 e. The molecule has 18 nitrogen and oxygen atoms in total. The minimum atomic E-state index is -2.89. The molecule has 21 heteroatoms. The molecular formula is C51H55ClFN12O6P. The van der Waals surface area contributed by atoms with Gasteiger partial charge in [0, 0.05) is 94.3 Å². The maximum atomic E-state index is 14.2. The Hall–Kier alpha value is -6.97. The Morgan fingerprint density at radius 1 is 0.972 bits per heavy atom. The van der Waals surface area contributed by atoms with Crippen LogP contribution in [-0.2, 0) is 25.5 Å². The van der Waals surface area contributed by atoms with E-state index in [1.54, 1.807) is 61.0 Å². The molecular weight excluding hydrogens is 962 g/mol. The van der Waals surface area contributed by atoms with Crippen LogP contribution in [0, 0.1) is 11.8 Å². The van der Waals surface area contributed by atoms with Gasteiger partial charge in [-0.2, -0.15) is 4.98 Å². The summed E-state index contributed by atoms with van der Waals surface area (Å²) in [6, 6.07) is 12.2. The number of rotatable bonds is 14. The van der Waals surface area contributed by atoms with Gasteiger partial charge in [0.2, 0.25) is 17.8 Å². The van der Waals surface area contributed by atoms with Crippen molar-refractivity contribution < 1.29 is 32.9 Å². The van der Waals surface area contributed by atoms with Gasteiger partial charge < -0.3 is 40.0 Å². The third-order valence-electron chi connectivity index (χ3n) is 13.5. The van der Waals surface area contributed by atoms with Crippen molar-refractivity contribution in [1.29, 1.82) is 0 Å². The number of piperazine rings is 1. The minimum absolute atomic E-state index is 0.126. The zero-order valence-electron chi connectivity index (χ0n) is 40.3. The molecule has 0 spiro atoms. The number of anilines is 6. The van der Waals surface area contributed by atoms with E-state index in [1.165, 1.54) is 13.3 Å². The minimum Gasteiger partial charge on any atom is -0.494 e. The Kier molecular flexibility index (Phi) is 14.9. The molecule has 0 aliphatic carbocycles. The number of hydrogen-bond donors (Lipinski definition) is 4. The van der Waals surface area contributed by atoms with Gasteiger partial charge in [0.1, 0.15) is 29.5 Å². The van der Waals surface area contributed by atoms with Crippen LogP contribution in [0.15, 0.2) is 73.5 Å². The van der Waals surface area contributed by atoms with E-state index in [1.807, 2.05) is 12.1 Å². The molecule has 3 saturated heterocycles. The van der Waals surface area contributed by atoms with E-state index < -0.39 is 30.8 Å². The number of ether oxygens (including phenoxy) is 1. The largest absolute Gasteiger partial charge is 0.494 e. The number of nitrogens with zero attached hydrogens (tertiary/aromatic N) is 8. The van der Waals surface area contributed by atoms with Gasteiger partial charge in [-0.05, 0) is 81.5 Å². The van der Waals surface area contributed by atoms with Crippen LogP contribution in [0.2, 0.25) is 5.02 Å². The van der Waals surface area contributed by atoms with Gasteiger partial charge in [0.25, 0.3) is 11.8 Å². The molecule has 6 heterocycles. The molecule has 3 aromatic carbocycles. The fourth-order valence-electron chi connectivity index (χ4n) is 9.89. The van der Waals surface area contributed by atoms with E-state index in [0.29, 0.717) is 88.9 Å². The molecule has 0 bridgehead atoms. The van der Waals surface area contributed by atoms with Crippen molar-refractivity contribution in [2.24, 2.45) is 0 Å². The number of imide groups is 1. The average molecular weight is 1020 g/mol. The quantitative estimate of drug-likeness (QED) is 0.0312. The molecule has 2 aromatic heterocycles. The number of benzene rings is 3. The van der Waals surface area contributed by atoms with Crippen LogP contribution in [0.3, 0.4) is 0 Å². The van der Waals surface area contributed by atoms with Crippen LogP contribution in [-0.4, -0.2) is 137 Å². The number of fused-ring (bicyclic) bond motifs is 2. The van der Waals surface area contributed by atoms with Crippen molar-refractivity contribution in [3.8, 4) is 17.6 Å². The lowest BCUT2D eigenvalue weighted by Crippen LogP contribution is -2.53. The van der Waals surface area contributed by atoms with Gasteiger partial charge in [-0.3, -0.25) is 39.4 Å². The Morgan fingerprint density at radius 3 is 2.49 bits per heavy atom. The molecule has 0 radical (unpaired) electrons. The summed E-state index contributed by atoms with van der Waals surface area (Å²) in [4.78, 5) is 76.8. The summed E-state index contributed by atoms with van der Waals surface area (Å²) in [6.07, 6.45) is 8.44. The lowest BCUT2D eigenvalue weighted by Gasteiger charge is -2.43. The normalized spacial score (nSPS) is 17.8. The third-order valence-corrected chi connectivity index (χ3v) is 15.3. The molecule has 9 rings (SSSR count). The van der Waals surface area contributed by atoms with E-state index in [2.05, 4.69) is 74.3 Å². The lowest BCUT2D eigenvalue weighted by molar-refractivity contribution is -0.137. The highest BCUT2D eigenvalue weighted by Gasteiger charge is 2.40. The number of hydrogen-bond acceptors (Lipinski definition) is 15. The number of methoxy groups -OCH3 is 1. The zero-order valence-corrected chi connectivity index (χ0v) is 41.9. The van der Waals surface area contributed by atoms with Crippen LogP contribution in [0.4, 0.5) is 38.9 Å². The van der Waals surface area contributed by atoms with Gasteiger partial charge >= 0.3 is 0 Å². The number of unbranched alkanes of at least 4 members (excludes halogenated alkanes) is 1. The number of aromatic nitrogens is 4. The molecule has 72 heavy (non-hydrogen) atoms. The predicted octanol–water partition coefficient (Wildman–Crippen LogP) is 6.42. The first-order valence-electron chi connectivity index (χ1n) is 23.9. The van der Waals surface area contributed by atoms with E-state index in [9.17, 15) is 28.1 Å². The van der Waals surface area contributed by atoms with E-state index >= 15 is 0 Å². The topological polar surface area (TPSA) is 207 Å². The number of carbonyl (C=O) groups excluding carboxylic acids is 4. The van der Waals surface area contributed by atoms with Crippen molar-refractivity contribution in [3.63, 3.8) is 0 Å². The van der Waals surface area contributed by atoms with Crippen molar-refractivity contribution in [2.75, 3.05) is 87.1 Å². The molecule has 5 aromatic rings. The lowest BCUT2D eigenvalue weighted by atomic mass is 10.0. The van der Waals surface area contributed by atoms with Crippen molar-refractivity contribution in [1.82, 2.24) is 40.0 Å². The van der Waals surface area contributed by atoms with Crippen LogP contribution in [0.25, 0.3) is 11.0 Å². The predicted molar refractivity (Wildman–Crippen MR) is 276 cm³/mol. The highest BCUT2D eigenvalue weighted by Crippen LogP contribution is 2.43. The molecule has 4 amide bonds. The Labute approximate surface area is 421 Å². The van der Waals surface area contributed by atoms with Gasteiger partial charge in [0.15, 0.2) is 11.6 Å². The molecule has 3 fully saturated rings. The van der Waals surface area contributed by atoms with E-state index in [4.69, 9.17) is 16.3 Å². The first-order valence-corrected chi connectivity index (χ1v) is 26.8. The molecule has 1 atom stereocenters. The number of amides is 4. The molecule has 4 aliphatic heterocycles. The standard InChI is InChI=1S/C51H55ClFN12O6P/c1-31(53)48(67)58-39-27-40(59-51-56-29-36(52)47(61-51)57-38-13-12-37-45(55-19-18-54-37)46(38)72(3,4)70)43(71-2)28-42(39)64-21-16-33(17-22-64)63-25-23-62(24-26-63)20-7-5-6-9-32-10-8-11-34-35(32)30-65(50(34)69)41-14-15-44(66)60-49(41)68/h8,10-13,18-19,27-29,33,41H,1,5,7,14-17,20-26,30H2,2-4H3,(H,58,67)(H,60,66,68)(H2,56,57,59,61). The second-order valence-corrected chi connectivity index (χ2v) is 22.1. The van der Waals surface area contributed by atoms with Crippen molar-refractivity contribution >= 4 is 93.2 Å². The SMILES string of the molecule is C=C(F)C(=O)Nc1cc(Nc2ncc(Cl)c(Nc3ccc4nccnc4c3P(C)(C)=O)n2)c(OC)cc1N1CCC(N2CCN(CCCC#Cc3cccc4c3CN(C3CCC(=O)NC3=O)C4=O)CC2)CC1. The number of piperidine rings is 2. The summed E-state index contributed by atoms with van der Waals surface area (Å²) in [5.41, 5.74) is 5.17. The second kappa shape index (κ2) is 21.4. The van der Waals surface area contributed by atoms with Gasteiger partial charge in [-0.15, -0.1) is 0 Å². The molecule has 0 saturated carbocycles. The Balaban J connectivity index is 0.801. The Bertz CT molecular complexity index is 3090. The van der Waals surface area contributed by atoms with Crippen LogP contribution >= 0.6 is 18.7 Å². The fraction of sp³-hybridized carbons (Fsp3) is 0.373. The van der Waals surface area contributed by atoms with Crippen molar-refractivity contribution in [3.05, 3.63) is 95.2 Å². The van der Waals surface area contributed by atoms with Gasteiger partial charge in [0.05, 0.1) is 46.9 Å². The summed E-state index contributed by atoms with van der Waals surface area (Å²) in [5.74, 6) is 4.31. The van der Waals surface area contributed by atoms with Gasteiger partial charge in [-0.1, -0.05) is 36.1 Å². The maximum absolute atomic E-state index is 14.2. The zero-order chi connectivity index (χ0) is 50.7. The fourth-order valence-corrected chi connectivity index (χ4v) is 11.4. The summed E-state index contributed by atoms with van der Waals surface area (Å²) >= 11 is 6.60. The summed E-state index contributed by atoms with van der Waals surface area (Å²) in [6.45, 7) is 12.9. The molecule has 4 aliphatic rings. The van der Waals surface area contributed by atoms with Crippen LogP contribution in [0.5, 0.6) is 5.75 Å². The summed E-state index contributed by atoms with van der Waals surface area (Å²) < 4.78 is 33.6. The number of halogens is 2. The maximum Gasteiger partial charge on any atom is 0.283 e. The van der Waals surface area contributed by atoms with Gasteiger partial charge in [-0.25, -0.2) is 9.37 Å². The number of carbonyl (C=O) groups is 4. The first-order chi connectivity index (χ1) is 34.6. The van der Waals surface area contributed by atoms with E-state index in [-0.39, 0.29) is 35.0 Å². The highest BCUT2D eigenvalue weighted by atomic mass is 35.5. The van der Waals surface area contributed by atoms with Crippen LogP contribution in [0.1, 0.15) is 60.0 Å². The summed E-state index contributed by atoms with van der Waals surface area (Å²) in [5, 5.41) is 12.1. The van der Waals surface area contributed by atoms with Crippen LogP contribution < -0.4 is 36.2 Å². The number of nitrogens with one attached hydrogen (secondary N) is 4. The second-order valence-electron chi connectivity index (χ2n) is 18.5. The summed E-state index contributed by atoms with van der Waals surface area (Å²) in [7, 11) is -1.36. The first kappa shape index (κ1) is 50.0. The molecule has 374 valence electrons. The third kappa shape index (κ3) is 10.9. The highest BCUT2D eigenvalue weighted by molar-refractivity contribution is 7.71. The van der Waals surface area contributed by atoms with Crippen molar-refractivity contribution in [2.45, 2.75) is 57.2 Å². The average Bonchev–Trinajstić information content (AvgIpc) is 3.70. The molecule has 4 N–H and O–H groups in total. The monoisotopic (exact) mass is 1020 g/mol. The van der Waals surface area contributed by atoms with E-state index in [0.717, 1.165) is 63.1 Å². The Morgan fingerprint density at radius 2 is 1.75 bits per heavy atom.